The van der Waals surface area contributed by atoms with Gasteiger partial charge in [-0.15, -0.1) is 0 Å². The van der Waals surface area contributed by atoms with E-state index >= 15 is 0 Å². The smallest absolute Gasteiger partial charge is 0.332 e. The molecular formula is C33H58N3O8PS. The number of esters is 1. The number of methoxy groups -OCH3 is 1. The molecule has 0 heterocycles. The lowest BCUT2D eigenvalue weighted by molar-refractivity contribution is -0.145. The minimum atomic E-state index is -4.10. The average Bonchev–Trinajstić information content (AvgIpc) is 2.97. The van der Waals surface area contributed by atoms with Crippen LogP contribution in [-0.4, -0.2) is 78.6 Å². The molecule has 0 aliphatic rings. The van der Waals surface area contributed by atoms with E-state index in [2.05, 4.69) is 48.9 Å². The molecule has 3 amide bonds. The first-order valence-electron chi connectivity index (χ1n) is 15.8. The van der Waals surface area contributed by atoms with Crippen LogP contribution in [0.5, 0.6) is 0 Å². The first kappa shape index (κ1) is 43.6. The van der Waals surface area contributed by atoms with Gasteiger partial charge in [-0.1, -0.05) is 62.6 Å². The molecule has 0 aromatic rings. The van der Waals surface area contributed by atoms with Gasteiger partial charge in [-0.25, -0.2) is 4.79 Å². The largest absolute Gasteiger partial charge is 0.467 e. The predicted molar refractivity (Wildman–Crippen MR) is 187 cm³/mol. The van der Waals surface area contributed by atoms with Gasteiger partial charge in [0.2, 0.25) is 17.7 Å². The van der Waals surface area contributed by atoms with Gasteiger partial charge in [0.25, 0.3) is 0 Å². The van der Waals surface area contributed by atoms with E-state index in [1.54, 1.807) is 33.8 Å². The van der Waals surface area contributed by atoms with Crippen LogP contribution in [-0.2, 0) is 33.0 Å². The van der Waals surface area contributed by atoms with Crippen molar-refractivity contribution >= 4 is 43.0 Å². The Hall–Kier alpha value is -2.40. The normalized spacial score (nSPS) is 15.4. The van der Waals surface area contributed by atoms with Gasteiger partial charge in [0.1, 0.15) is 24.7 Å². The Balaban J connectivity index is 5.14. The molecule has 11 nitrogen and oxygen atoms in total. The fourth-order valence-corrected chi connectivity index (χ4v) is 5.68. The van der Waals surface area contributed by atoms with E-state index in [1.807, 2.05) is 13.2 Å². The molecule has 0 spiro atoms. The van der Waals surface area contributed by atoms with Crippen molar-refractivity contribution in [2.75, 3.05) is 31.9 Å². The van der Waals surface area contributed by atoms with Gasteiger partial charge in [-0.2, -0.15) is 11.8 Å². The molecule has 264 valence electrons. The molecule has 0 fully saturated rings. The summed E-state index contributed by atoms with van der Waals surface area (Å²) in [6, 6.07) is -2.90. The van der Waals surface area contributed by atoms with Crippen LogP contribution >= 0.6 is 19.4 Å². The maximum atomic E-state index is 13.2. The monoisotopic (exact) mass is 687 g/mol. The number of carbonyl (C=O) groups is 4. The number of carbonyl (C=O) groups excluding carboxylic acids is 4. The molecule has 4 atom stereocenters. The summed E-state index contributed by atoms with van der Waals surface area (Å²) < 4.78 is 22.5. The van der Waals surface area contributed by atoms with Crippen molar-refractivity contribution < 1.29 is 37.9 Å². The molecule has 0 aliphatic carbocycles. The van der Waals surface area contributed by atoms with Crippen LogP contribution in [0.3, 0.4) is 0 Å². The Morgan fingerprint density at radius 2 is 1.35 bits per heavy atom. The number of thioether (sulfide) groups is 1. The van der Waals surface area contributed by atoms with Gasteiger partial charge in [0, 0.05) is 0 Å². The Kier molecular flexibility index (Phi) is 21.8. The van der Waals surface area contributed by atoms with E-state index in [9.17, 15) is 28.6 Å². The lowest BCUT2D eigenvalue weighted by atomic mass is 9.99. The molecular weight excluding hydrogens is 629 g/mol. The van der Waals surface area contributed by atoms with Crippen molar-refractivity contribution in [3.8, 4) is 0 Å². The van der Waals surface area contributed by atoms with Crippen molar-refractivity contribution in [2.24, 2.45) is 11.8 Å². The lowest BCUT2D eigenvalue weighted by Crippen LogP contribution is -2.58. The number of nitrogens with one attached hydrogen (secondary N) is 3. The first-order chi connectivity index (χ1) is 21.4. The predicted octanol–water partition coefficient (Wildman–Crippen LogP) is 5.30. The molecule has 0 aromatic heterocycles. The van der Waals surface area contributed by atoms with Gasteiger partial charge < -0.3 is 25.6 Å². The third-order valence-corrected chi connectivity index (χ3v) is 8.94. The summed E-state index contributed by atoms with van der Waals surface area (Å²) >= 11 is 1.52. The molecule has 1 unspecified atom stereocenters. The highest BCUT2D eigenvalue weighted by molar-refractivity contribution is 7.98. The number of allylic oxidation sites excluding steroid dienone is 6. The van der Waals surface area contributed by atoms with E-state index < -0.39 is 56.0 Å². The van der Waals surface area contributed by atoms with Crippen LogP contribution in [0.25, 0.3) is 0 Å². The van der Waals surface area contributed by atoms with Crippen LogP contribution in [0, 0.1) is 11.8 Å². The van der Waals surface area contributed by atoms with Crippen LogP contribution in [0.15, 0.2) is 34.9 Å². The lowest BCUT2D eigenvalue weighted by Gasteiger charge is -2.28. The zero-order valence-corrected chi connectivity index (χ0v) is 31.1. The van der Waals surface area contributed by atoms with E-state index in [0.717, 1.165) is 31.3 Å². The van der Waals surface area contributed by atoms with Crippen LogP contribution in [0.1, 0.15) is 87.5 Å². The summed E-state index contributed by atoms with van der Waals surface area (Å²) in [4.78, 5) is 61.4. The number of rotatable bonds is 22. The molecule has 46 heavy (non-hydrogen) atoms. The molecule has 0 aromatic carbocycles. The van der Waals surface area contributed by atoms with Gasteiger partial charge in [-0.3, -0.25) is 23.5 Å². The quantitative estimate of drug-likeness (QED) is 0.0673. The topological polar surface area (TPSA) is 160 Å². The summed E-state index contributed by atoms with van der Waals surface area (Å²) in [5.74, 6) is -2.57. The first-order valence-corrected chi connectivity index (χ1v) is 19.0. The van der Waals surface area contributed by atoms with Crippen LogP contribution in [0.4, 0.5) is 0 Å². The third kappa shape index (κ3) is 19.3. The number of ether oxygens (including phenoxy) is 1. The highest BCUT2D eigenvalue weighted by Crippen LogP contribution is 2.42. The van der Waals surface area contributed by atoms with Crippen LogP contribution < -0.4 is 16.0 Å². The second-order valence-corrected chi connectivity index (χ2v) is 15.3. The van der Waals surface area contributed by atoms with E-state index in [4.69, 9.17) is 9.26 Å². The zero-order valence-electron chi connectivity index (χ0n) is 29.4. The Labute approximate surface area is 280 Å². The average molecular weight is 688 g/mol. The highest BCUT2D eigenvalue weighted by Gasteiger charge is 2.33. The molecule has 4 N–H and O–H groups in total. The third-order valence-electron chi connectivity index (χ3n) is 7.12. The maximum Gasteiger partial charge on any atom is 0.332 e. The van der Waals surface area contributed by atoms with Gasteiger partial charge in [0.05, 0.1) is 13.3 Å². The van der Waals surface area contributed by atoms with Crippen molar-refractivity contribution in [3.05, 3.63) is 34.9 Å². The Morgan fingerprint density at radius 3 is 1.87 bits per heavy atom. The zero-order chi connectivity index (χ0) is 35.4. The number of hydrogen-bond donors (Lipinski definition) is 4. The van der Waals surface area contributed by atoms with E-state index in [0.29, 0.717) is 12.2 Å². The Bertz CT molecular complexity index is 1130. The molecule has 0 saturated carbocycles. The molecule has 0 aliphatic heterocycles. The van der Waals surface area contributed by atoms with Crippen molar-refractivity contribution in [3.63, 3.8) is 0 Å². The molecule has 0 saturated heterocycles. The molecule has 13 heteroatoms. The Morgan fingerprint density at radius 1 is 0.826 bits per heavy atom. The summed E-state index contributed by atoms with van der Waals surface area (Å²) in [7, 11) is -2.86. The standard InChI is InChI=1S/C33H58N3O8PS/c1-22(2)13-11-14-25(7)15-12-16-26(8)17-19-45(41,42)44-21-28(37)35-29(23(3)4)32(39)36-30(24(5)6)31(38)34-27(18-20-46-10)33(40)43-9/h13,15,17,23-24,27,29-30H,11-12,14,16,18-21H2,1-10H3,(H,34,38)(H,35,37)(H,36,39)(H,41,42)/b25-15+,26-17+/t27-,29-,30-/m0/s1. The maximum absolute atomic E-state index is 13.2. The van der Waals surface area contributed by atoms with Gasteiger partial charge in [-0.05, 0) is 83.6 Å². The van der Waals surface area contributed by atoms with E-state index in [-0.39, 0.29) is 18.0 Å². The summed E-state index contributed by atoms with van der Waals surface area (Å²) in [6.45, 7) is 14.4. The molecule has 0 radical (unpaired) electrons. The molecule has 0 bridgehead atoms. The second-order valence-electron chi connectivity index (χ2n) is 12.4. The summed E-state index contributed by atoms with van der Waals surface area (Å²) in [5.41, 5.74) is 3.55. The number of hydrogen-bond acceptors (Lipinski definition) is 8. The van der Waals surface area contributed by atoms with Crippen LogP contribution in [0.2, 0.25) is 0 Å². The fraction of sp³-hybridized carbons (Fsp3) is 0.697. The van der Waals surface area contributed by atoms with Crippen molar-refractivity contribution in [1.29, 1.82) is 0 Å². The minimum absolute atomic E-state index is 0.238. The number of amides is 3. The van der Waals surface area contributed by atoms with Gasteiger partial charge >= 0.3 is 13.6 Å². The SMILES string of the molecule is COC(=O)[C@H](CCSC)NC(=O)[C@@H](NC(=O)[C@@H](NC(=O)COP(=O)(O)C/C=C(\C)CC/C=C(\C)CCC=C(C)C)C(C)C)C(C)C. The van der Waals surface area contributed by atoms with Crippen molar-refractivity contribution in [2.45, 2.75) is 106 Å². The highest BCUT2D eigenvalue weighted by atomic mass is 32.2. The second kappa shape index (κ2) is 23.0. The minimum Gasteiger partial charge on any atom is -0.467 e. The fourth-order valence-electron chi connectivity index (χ4n) is 4.24. The molecule has 0 rings (SSSR count). The van der Waals surface area contributed by atoms with E-state index in [1.165, 1.54) is 30.0 Å². The van der Waals surface area contributed by atoms with Gasteiger partial charge in [0.15, 0.2) is 0 Å². The van der Waals surface area contributed by atoms with Crippen molar-refractivity contribution in [1.82, 2.24) is 16.0 Å². The summed E-state index contributed by atoms with van der Waals surface area (Å²) in [6.07, 6.45) is 11.6. The summed E-state index contributed by atoms with van der Waals surface area (Å²) in [5, 5.41) is 7.90.